The molecule has 1 N–H and O–H groups in total. The van der Waals surface area contributed by atoms with Crippen molar-refractivity contribution in [2.45, 2.75) is 32.7 Å². The first-order valence-corrected chi connectivity index (χ1v) is 10.5. The van der Waals surface area contributed by atoms with E-state index in [2.05, 4.69) is 5.32 Å². The molecule has 1 heterocycles. The largest absolute Gasteiger partial charge is 0.342 e. The first-order valence-electron chi connectivity index (χ1n) is 8.71. The summed E-state index contributed by atoms with van der Waals surface area (Å²) in [6, 6.07) is 6.47. The van der Waals surface area contributed by atoms with E-state index in [9.17, 15) is 22.8 Å². The summed E-state index contributed by atoms with van der Waals surface area (Å²) >= 11 is 0. The van der Waals surface area contributed by atoms with Gasteiger partial charge in [0.05, 0.1) is 11.5 Å². The third kappa shape index (κ3) is 5.78. The molecule has 0 radical (unpaired) electrons. The van der Waals surface area contributed by atoms with Crippen molar-refractivity contribution < 1.29 is 22.8 Å². The Hall–Kier alpha value is -2.42. The fraction of sp³-hybridized carbons (Fsp3) is 0.500. The van der Waals surface area contributed by atoms with Crippen LogP contribution in [-0.2, 0) is 24.2 Å². The molecule has 27 heavy (non-hydrogen) atoms. The first kappa shape index (κ1) is 20.9. The lowest BCUT2D eigenvalue weighted by molar-refractivity contribution is -0.131. The monoisotopic (exact) mass is 395 g/mol. The molecule has 1 atom stereocenters. The summed E-state index contributed by atoms with van der Waals surface area (Å²) < 4.78 is 23.2. The smallest absolute Gasteiger partial charge is 0.224 e. The highest BCUT2D eigenvalue weighted by Gasteiger charge is 2.32. The second kappa shape index (κ2) is 8.51. The zero-order valence-electron chi connectivity index (χ0n) is 15.8. The van der Waals surface area contributed by atoms with Crippen LogP contribution in [0, 0.1) is 0 Å². The Morgan fingerprint density at radius 3 is 2.26 bits per heavy atom. The number of nitrogens with zero attached hydrogens (tertiary/aromatic N) is 2. The Labute approximate surface area is 159 Å². The molecular formula is C18H25N3O5S. The van der Waals surface area contributed by atoms with Gasteiger partial charge < -0.3 is 15.1 Å². The van der Waals surface area contributed by atoms with Crippen LogP contribution in [0.2, 0.25) is 0 Å². The second-order valence-corrected chi connectivity index (χ2v) is 8.94. The molecule has 1 aliphatic rings. The van der Waals surface area contributed by atoms with Gasteiger partial charge in [-0.3, -0.25) is 14.4 Å². The minimum absolute atomic E-state index is 0.00370. The predicted octanol–water partition coefficient (Wildman–Crippen LogP) is 1.03. The number of anilines is 2. The molecule has 0 aromatic heterocycles. The summed E-state index contributed by atoms with van der Waals surface area (Å²) in [6.45, 7) is 3.02. The summed E-state index contributed by atoms with van der Waals surface area (Å²) in [5.41, 5.74) is 1.24. The maximum Gasteiger partial charge on any atom is 0.224 e. The molecule has 9 heteroatoms. The molecule has 148 valence electrons. The number of nitrogens with one attached hydrogen (secondary N) is 1. The van der Waals surface area contributed by atoms with E-state index in [1.165, 1.54) is 23.6 Å². The van der Waals surface area contributed by atoms with Crippen LogP contribution >= 0.6 is 0 Å². The molecule has 1 fully saturated rings. The topological polar surface area (TPSA) is 104 Å². The summed E-state index contributed by atoms with van der Waals surface area (Å²) in [5, 5.41) is 2.65. The number of sulfone groups is 1. The lowest BCUT2D eigenvalue weighted by Gasteiger charge is -2.26. The summed E-state index contributed by atoms with van der Waals surface area (Å²) in [6.07, 6.45) is 0.547. The Morgan fingerprint density at radius 2 is 1.78 bits per heavy atom. The molecular weight excluding hydrogens is 370 g/mol. The molecule has 2 rings (SSSR count). The number of benzene rings is 1. The zero-order valence-corrected chi connectivity index (χ0v) is 16.6. The van der Waals surface area contributed by atoms with Gasteiger partial charge >= 0.3 is 0 Å². The SMILES string of the molecule is CC(=O)Nc1ccc(N(CCC(=O)N(C)C2CCS(=O)(=O)C2)C(C)=O)cc1. The molecule has 0 bridgehead atoms. The van der Waals surface area contributed by atoms with E-state index in [1.54, 1.807) is 31.3 Å². The van der Waals surface area contributed by atoms with Crippen LogP contribution in [0.4, 0.5) is 11.4 Å². The molecule has 1 unspecified atom stereocenters. The zero-order chi connectivity index (χ0) is 20.2. The van der Waals surface area contributed by atoms with E-state index in [-0.39, 0.29) is 48.2 Å². The van der Waals surface area contributed by atoms with Crippen LogP contribution in [0.15, 0.2) is 24.3 Å². The van der Waals surface area contributed by atoms with Crippen molar-refractivity contribution in [3.63, 3.8) is 0 Å². The van der Waals surface area contributed by atoms with Gasteiger partial charge in [-0.25, -0.2) is 8.42 Å². The van der Waals surface area contributed by atoms with Crippen LogP contribution in [0.1, 0.15) is 26.7 Å². The van der Waals surface area contributed by atoms with Crippen molar-refractivity contribution in [2.75, 3.05) is 35.3 Å². The second-order valence-electron chi connectivity index (χ2n) is 6.71. The van der Waals surface area contributed by atoms with Crippen molar-refractivity contribution in [2.24, 2.45) is 0 Å². The van der Waals surface area contributed by atoms with Crippen molar-refractivity contribution in [1.29, 1.82) is 0 Å². The van der Waals surface area contributed by atoms with Gasteiger partial charge in [0.25, 0.3) is 0 Å². The third-order valence-electron chi connectivity index (χ3n) is 4.58. The first-order chi connectivity index (χ1) is 12.6. The highest BCUT2D eigenvalue weighted by atomic mass is 32.2. The van der Waals surface area contributed by atoms with Crippen LogP contribution in [-0.4, -0.2) is 62.2 Å². The molecule has 3 amide bonds. The lowest BCUT2D eigenvalue weighted by atomic mass is 10.2. The van der Waals surface area contributed by atoms with Crippen molar-refractivity contribution >= 4 is 38.9 Å². The normalized spacial score (nSPS) is 18.0. The van der Waals surface area contributed by atoms with Gasteiger partial charge in [-0.2, -0.15) is 0 Å². The van der Waals surface area contributed by atoms with Gasteiger partial charge in [0.15, 0.2) is 9.84 Å². The Bertz CT molecular complexity index is 820. The molecule has 0 spiro atoms. The minimum Gasteiger partial charge on any atom is -0.342 e. The summed E-state index contributed by atoms with van der Waals surface area (Å²) in [5.74, 6) is -0.487. The molecule has 1 aliphatic heterocycles. The predicted molar refractivity (Wildman–Crippen MR) is 103 cm³/mol. The Kier molecular flexibility index (Phi) is 6.59. The van der Waals surface area contributed by atoms with Gasteiger partial charge in [0.1, 0.15) is 0 Å². The van der Waals surface area contributed by atoms with Crippen molar-refractivity contribution in [1.82, 2.24) is 4.90 Å². The Morgan fingerprint density at radius 1 is 1.15 bits per heavy atom. The Balaban J connectivity index is 1.99. The highest BCUT2D eigenvalue weighted by Crippen LogP contribution is 2.20. The molecule has 0 saturated carbocycles. The quantitative estimate of drug-likeness (QED) is 0.775. The number of amides is 3. The fourth-order valence-corrected chi connectivity index (χ4v) is 4.84. The van der Waals surface area contributed by atoms with E-state index in [0.717, 1.165) is 0 Å². The number of carbonyl (C=O) groups is 3. The minimum atomic E-state index is -3.06. The van der Waals surface area contributed by atoms with Gasteiger partial charge in [-0.05, 0) is 30.7 Å². The van der Waals surface area contributed by atoms with Crippen molar-refractivity contribution in [3.8, 4) is 0 Å². The van der Waals surface area contributed by atoms with Gasteiger partial charge in [-0.15, -0.1) is 0 Å². The standard InChI is InChI=1S/C18H25N3O5S/c1-13(22)19-15-4-6-16(7-5-15)21(14(2)23)10-8-18(24)20(3)17-9-11-27(25,26)12-17/h4-7,17H,8-12H2,1-3H3,(H,19,22). The van der Waals surface area contributed by atoms with Crippen LogP contribution < -0.4 is 10.2 Å². The van der Waals surface area contributed by atoms with Crippen LogP contribution in [0.3, 0.4) is 0 Å². The van der Waals surface area contributed by atoms with Crippen LogP contribution in [0.5, 0.6) is 0 Å². The van der Waals surface area contributed by atoms with E-state index >= 15 is 0 Å². The fourth-order valence-electron chi connectivity index (χ4n) is 3.06. The molecule has 1 aromatic rings. The summed E-state index contributed by atoms with van der Waals surface area (Å²) in [7, 11) is -1.46. The van der Waals surface area contributed by atoms with E-state index in [0.29, 0.717) is 17.8 Å². The van der Waals surface area contributed by atoms with E-state index in [1.807, 2.05) is 0 Å². The number of hydrogen-bond donors (Lipinski definition) is 1. The maximum atomic E-state index is 12.4. The van der Waals surface area contributed by atoms with E-state index < -0.39 is 9.84 Å². The molecule has 0 aliphatic carbocycles. The van der Waals surface area contributed by atoms with Crippen LogP contribution in [0.25, 0.3) is 0 Å². The summed E-state index contributed by atoms with van der Waals surface area (Å²) in [4.78, 5) is 38.4. The molecule has 8 nitrogen and oxygen atoms in total. The lowest BCUT2D eigenvalue weighted by Crippen LogP contribution is -2.40. The van der Waals surface area contributed by atoms with Gasteiger partial charge in [0, 0.05) is 51.3 Å². The number of carbonyl (C=O) groups excluding carboxylic acids is 3. The highest BCUT2D eigenvalue weighted by molar-refractivity contribution is 7.91. The van der Waals surface area contributed by atoms with E-state index in [4.69, 9.17) is 0 Å². The maximum absolute atomic E-state index is 12.4. The number of hydrogen-bond acceptors (Lipinski definition) is 5. The average Bonchev–Trinajstić information content (AvgIpc) is 2.94. The van der Waals surface area contributed by atoms with Gasteiger partial charge in [-0.1, -0.05) is 0 Å². The van der Waals surface area contributed by atoms with Crippen molar-refractivity contribution in [3.05, 3.63) is 24.3 Å². The van der Waals surface area contributed by atoms with Gasteiger partial charge in [0.2, 0.25) is 17.7 Å². The third-order valence-corrected chi connectivity index (χ3v) is 6.33. The molecule has 1 aromatic carbocycles. The molecule has 1 saturated heterocycles. The average molecular weight is 395 g/mol. The number of rotatable bonds is 6.